The summed E-state index contributed by atoms with van der Waals surface area (Å²) < 4.78 is 16.2. The van der Waals surface area contributed by atoms with Crippen molar-refractivity contribution < 1.29 is 14.2 Å². The van der Waals surface area contributed by atoms with Gasteiger partial charge in [-0.1, -0.05) is 17.7 Å². The molecule has 1 heterocycles. The fraction of sp³-hybridized carbons (Fsp3) is 0.200. The Morgan fingerprint density at radius 3 is 2.20 bits per heavy atom. The van der Waals surface area contributed by atoms with Gasteiger partial charge in [-0.25, -0.2) is 0 Å². The van der Waals surface area contributed by atoms with Gasteiger partial charge >= 0.3 is 0 Å². The smallest absolute Gasteiger partial charge is 0.161 e. The lowest BCUT2D eigenvalue weighted by atomic mass is 10.1. The Labute approximate surface area is 121 Å². The van der Waals surface area contributed by atoms with Gasteiger partial charge in [0.15, 0.2) is 5.75 Å². The molecule has 0 radical (unpaired) electrons. The highest BCUT2D eigenvalue weighted by Crippen LogP contribution is 2.42. The summed E-state index contributed by atoms with van der Waals surface area (Å²) in [5, 5.41) is 2.50. The predicted octanol–water partition coefficient (Wildman–Crippen LogP) is 4.00. The maximum absolute atomic E-state index is 6.17. The zero-order chi connectivity index (χ0) is 14.3. The fourth-order valence-electron chi connectivity index (χ4n) is 2.51. The normalized spacial score (nSPS) is 11.0. The lowest BCUT2D eigenvalue weighted by Crippen LogP contribution is -1.87. The van der Waals surface area contributed by atoms with Crippen LogP contribution in [0.1, 0.15) is 0 Å². The van der Waals surface area contributed by atoms with E-state index >= 15 is 0 Å². The Morgan fingerprint density at radius 1 is 0.850 bits per heavy atom. The molecule has 0 bridgehead atoms. The molecule has 3 rings (SSSR count). The van der Waals surface area contributed by atoms with Gasteiger partial charge in [0, 0.05) is 5.39 Å². The average Bonchev–Trinajstić information content (AvgIpc) is 2.85. The van der Waals surface area contributed by atoms with E-state index in [4.69, 9.17) is 25.8 Å². The zero-order valence-corrected chi connectivity index (χ0v) is 12.2. The van der Waals surface area contributed by atoms with E-state index in [2.05, 4.69) is 4.98 Å². The van der Waals surface area contributed by atoms with Crippen molar-refractivity contribution in [2.45, 2.75) is 0 Å². The number of fused-ring (bicyclic) bond motifs is 3. The molecule has 0 aliphatic heterocycles. The zero-order valence-electron chi connectivity index (χ0n) is 11.4. The first-order valence-corrected chi connectivity index (χ1v) is 6.48. The number of methoxy groups -OCH3 is 3. The minimum atomic E-state index is 0.560. The highest BCUT2D eigenvalue weighted by Gasteiger charge is 2.17. The Bertz CT molecular complexity index is 795. The van der Waals surface area contributed by atoms with Gasteiger partial charge in [0.05, 0.1) is 42.8 Å². The van der Waals surface area contributed by atoms with Gasteiger partial charge in [-0.05, 0) is 18.2 Å². The number of rotatable bonds is 3. The summed E-state index contributed by atoms with van der Waals surface area (Å²) in [7, 11) is 4.88. The number of nitrogens with one attached hydrogen (secondary N) is 1. The number of hydrogen-bond acceptors (Lipinski definition) is 3. The molecular formula is C15H14ClNO3. The number of benzene rings is 2. The topological polar surface area (TPSA) is 43.5 Å². The molecule has 0 saturated carbocycles. The van der Waals surface area contributed by atoms with Crippen molar-refractivity contribution in [3.8, 4) is 17.2 Å². The van der Waals surface area contributed by atoms with Crippen molar-refractivity contribution in [2.75, 3.05) is 21.3 Å². The van der Waals surface area contributed by atoms with Crippen LogP contribution in [0.5, 0.6) is 17.2 Å². The summed E-state index contributed by atoms with van der Waals surface area (Å²) in [6.45, 7) is 0. The number of aromatic nitrogens is 1. The third-order valence-corrected chi connectivity index (χ3v) is 3.70. The molecule has 1 aromatic heterocycles. The molecule has 0 fully saturated rings. The first-order chi connectivity index (χ1) is 9.71. The van der Waals surface area contributed by atoms with Crippen LogP contribution >= 0.6 is 11.6 Å². The molecule has 104 valence electrons. The second-order valence-electron chi connectivity index (χ2n) is 4.35. The molecule has 0 spiro atoms. The van der Waals surface area contributed by atoms with Gasteiger partial charge < -0.3 is 19.2 Å². The summed E-state index contributed by atoms with van der Waals surface area (Å²) in [4.78, 5) is 3.32. The molecule has 2 aromatic carbocycles. The van der Waals surface area contributed by atoms with Crippen LogP contribution in [0.3, 0.4) is 0 Å². The number of ether oxygens (including phenoxy) is 3. The number of aromatic amines is 1. The van der Waals surface area contributed by atoms with Crippen molar-refractivity contribution in [1.29, 1.82) is 0 Å². The van der Waals surface area contributed by atoms with Crippen LogP contribution in [-0.2, 0) is 0 Å². The summed E-state index contributed by atoms with van der Waals surface area (Å²) in [5.74, 6) is 2.14. The van der Waals surface area contributed by atoms with Crippen molar-refractivity contribution in [2.24, 2.45) is 0 Å². The quantitative estimate of drug-likeness (QED) is 0.793. The summed E-state index contributed by atoms with van der Waals surface area (Å²) >= 11 is 6.17. The molecule has 0 aliphatic carbocycles. The van der Waals surface area contributed by atoms with Crippen molar-refractivity contribution in [3.05, 3.63) is 29.3 Å². The van der Waals surface area contributed by atoms with Crippen molar-refractivity contribution in [3.63, 3.8) is 0 Å². The second kappa shape index (κ2) is 4.80. The van der Waals surface area contributed by atoms with Gasteiger partial charge in [0.25, 0.3) is 0 Å². The van der Waals surface area contributed by atoms with Gasteiger partial charge in [-0.15, -0.1) is 0 Å². The fourth-order valence-corrected chi connectivity index (χ4v) is 2.75. The van der Waals surface area contributed by atoms with Crippen LogP contribution in [0.25, 0.3) is 21.8 Å². The highest BCUT2D eigenvalue weighted by molar-refractivity contribution is 6.33. The molecule has 0 amide bonds. The second-order valence-corrected chi connectivity index (χ2v) is 4.76. The lowest BCUT2D eigenvalue weighted by molar-refractivity contribution is 0.410. The van der Waals surface area contributed by atoms with E-state index in [0.29, 0.717) is 10.8 Å². The molecule has 0 atom stereocenters. The summed E-state index contributed by atoms with van der Waals surface area (Å²) in [5.41, 5.74) is 1.69. The minimum Gasteiger partial charge on any atom is -0.496 e. The highest BCUT2D eigenvalue weighted by atomic mass is 35.5. The molecule has 4 nitrogen and oxygen atoms in total. The standard InChI is InChI=1S/C15H14ClNO3/c1-18-10-6-7-11(19-2)14-12(10)8-4-5-9(16)15(20-3)13(8)17-14/h4-7,17H,1-3H3. The minimum absolute atomic E-state index is 0.560. The Balaban J connectivity index is 2.53. The number of halogens is 1. The molecule has 5 heteroatoms. The molecule has 1 N–H and O–H groups in total. The largest absolute Gasteiger partial charge is 0.496 e. The summed E-state index contributed by atoms with van der Waals surface area (Å²) in [6.07, 6.45) is 0. The molecule has 0 aliphatic rings. The monoisotopic (exact) mass is 291 g/mol. The van der Waals surface area contributed by atoms with E-state index in [1.54, 1.807) is 21.3 Å². The van der Waals surface area contributed by atoms with Crippen LogP contribution in [-0.4, -0.2) is 26.3 Å². The maximum atomic E-state index is 6.17. The first kappa shape index (κ1) is 12.9. The molecule has 0 saturated heterocycles. The predicted molar refractivity (Wildman–Crippen MR) is 80.5 cm³/mol. The van der Waals surface area contributed by atoms with Gasteiger partial charge in [0.1, 0.15) is 11.5 Å². The third kappa shape index (κ3) is 1.68. The van der Waals surface area contributed by atoms with Gasteiger partial charge in [-0.3, -0.25) is 0 Å². The van der Waals surface area contributed by atoms with Crippen LogP contribution in [0.2, 0.25) is 5.02 Å². The third-order valence-electron chi connectivity index (χ3n) is 3.40. The van der Waals surface area contributed by atoms with E-state index in [-0.39, 0.29) is 0 Å². The number of hydrogen-bond donors (Lipinski definition) is 1. The molecule has 0 unspecified atom stereocenters. The average molecular weight is 292 g/mol. The lowest BCUT2D eigenvalue weighted by Gasteiger charge is -2.06. The SMILES string of the molecule is COc1c(Cl)ccc2c1[nH]c1c(OC)ccc(OC)c12. The van der Waals surface area contributed by atoms with Crippen molar-refractivity contribution >= 4 is 33.4 Å². The van der Waals surface area contributed by atoms with Crippen LogP contribution in [0.15, 0.2) is 24.3 Å². The van der Waals surface area contributed by atoms with Crippen molar-refractivity contribution in [1.82, 2.24) is 4.98 Å². The Morgan fingerprint density at radius 2 is 1.55 bits per heavy atom. The van der Waals surface area contributed by atoms with Gasteiger partial charge in [0.2, 0.25) is 0 Å². The van der Waals surface area contributed by atoms with E-state index in [9.17, 15) is 0 Å². The van der Waals surface area contributed by atoms with Crippen LogP contribution in [0.4, 0.5) is 0 Å². The first-order valence-electron chi connectivity index (χ1n) is 6.10. The maximum Gasteiger partial charge on any atom is 0.161 e. The van der Waals surface area contributed by atoms with Crippen LogP contribution in [0, 0.1) is 0 Å². The van der Waals surface area contributed by atoms with E-state index < -0.39 is 0 Å². The van der Waals surface area contributed by atoms with E-state index in [1.807, 2.05) is 24.3 Å². The van der Waals surface area contributed by atoms with Gasteiger partial charge in [-0.2, -0.15) is 0 Å². The Hall–Kier alpha value is -2.07. The molecular weight excluding hydrogens is 278 g/mol. The van der Waals surface area contributed by atoms with Crippen LogP contribution < -0.4 is 14.2 Å². The van der Waals surface area contributed by atoms with E-state index in [1.165, 1.54) is 0 Å². The Kier molecular flexibility index (Phi) is 3.10. The summed E-state index contributed by atoms with van der Waals surface area (Å²) in [6, 6.07) is 7.51. The van der Waals surface area contributed by atoms with E-state index in [0.717, 1.165) is 33.3 Å². The molecule has 3 aromatic rings. The molecule has 20 heavy (non-hydrogen) atoms. The number of H-pyrrole nitrogens is 1.